The third-order valence-electron chi connectivity index (χ3n) is 7.76. The minimum atomic E-state index is 0.0677. The molecule has 0 atom stereocenters. The number of methoxy groups -OCH3 is 2. The second kappa shape index (κ2) is 10.8. The van der Waals surface area contributed by atoms with E-state index >= 15 is 0 Å². The van der Waals surface area contributed by atoms with Gasteiger partial charge in [-0.25, -0.2) is 0 Å². The van der Waals surface area contributed by atoms with Crippen LogP contribution in [-0.2, 0) is 4.79 Å². The van der Waals surface area contributed by atoms with Gasteiger partial charge in [-0.15, -0.1) is 0 Å². The van der Waals surface area contributed by atoms with Crippen LogP contribution in [0.5, 0.6) is 11.5 Å². The molecule has 1 amide bonds. The van der Waals surface area contributed by atoms with E-state index < -0.39 is 0 Å². The predicted molar refractivity (Wildman–Crippen MR) is 143 cm³/mol. The van der Waals surface area contributed by atoms with Crippen LogP contribution in [0.25, 0.3) is 27.7 Å². The van der Waals surface area contributed by atoms with Crippen molar-refractivity contribution < 1.29 is 18.7 Å². The number of carbonyl (C=O) groups excluding carboxylic acids is 1. The summed E-state index contributed by atoms with van der Waals surface area (Å²) in [6.45, 7) is 5.49. The van der Waals surface area contributed by atoms with Crippen molar-refractivity contribution in [3.05, 3.63) is 54.3 Å². The molecular formula is C30H36N2O4. The van der Waals surface area contributed by atoms with Gasteiger partial charge in [0, 0.05) is 60.9 Å². The van der Waals surface area contributed by atoms with Crippen LogP contribution in [0, 0.1) is 0 Å². The van der Waals surface area contributed by atoms with Gasteiger partial charge in [0.2, 0.25) is 5.91 Å². The first kappa shape index (κ1) is 24.4. The van der Waals surface area contributed by atoms with Crippen LogP contribution in [0.3, 0.4) is 0 Å². The molecule has 0 bridgehead atoms. The molecule has 1 saturated carbocycles. The second-order valence-corrected chi connectivity index (χ2v) is 9.91. The highest BCUT2D eigenvalue weighted by Crippen LogP contribution is 2.38. The smallest absolute Gasteiger partial charge is 0.246 e. The number of hydrogen-bond donors (Lipinski definition) is 0. The number of allylic oxidation sites excluding steroid dienone is 1. The van der Waals surface area contributed by atoms with Crippen molar-refractivity contribution in [2.24, 2.45) is 0 Å². The van der Waals surface area contributed by atoms with Gasteiger partial charge in [0.15, 0.2) is 0 Å². The third kappa shape index (κ3) is 5.00. The Kier molecular flexibility index (Phi) is 7.33. The quantitative estimate of drug-likeness (QED) is 0.399. The van der Waals surface area contributed by atoms with Crippen LogP contribution < -0.4 is 9.47 Å². The highest BCUT2D eigenvalue weighted by Gasteiger charge is 2.26. The number of ether oxygens (including phenoxy) is 2. The lowest BCUT2D eigenvalue weighted by Crippen LogP contribution is -2.52. The number of amides is 1. The molecule has 1 saturated heterocycles. The molecule has 0 radical (unpaired) electrons. The summed E-state index contributed by atoms with van der Waals surface area (Å²) in [4.78, 5) is 17.8. The number of carbonyl (C=O) groups is 1. The van der Waals surface area contributed by atoms with Crippen molar-refractivity contribution in [2.75, 3.05) is 40.4 Å². The van der Waals surface area contributed by atoms with E-state index in [4.69, 9.17) is 13.9 Å². The fraction of sp³-hybridized carbons (Fsp3) is 0.433. The molecule has 5 rings (SSSR count). The molecule has 6 nitrogen and oxygen atoms in total. The first-order chi connectivity index (χ1) is 17.6. The molecule has 3 aromatic rings. The lowest BCUT2D eigenvalue weighted by atomic mass is 9.94. The highest BCUT2D eigenvalue weighted by molar-refractivity contribution is 6.00. The average Bonchev–Trinajstić information content (AvgIpc) is 3.35. The Bertz CT molecular complexity index is 1250. The van der Waals surface area contributed by atoms with Gasteiger partial charge in [-0.2, -0.15) is 0 Å². The van der Waals surface area contributed by atoms with Crippen molar-refractivity contribution in [1.29, 1.82) is 0 Å². The summed E-state index contributed by atoms with van der Waals surface area (Å²) < 4.78 is 17.0. The van der Waals surface area contributed by atoms with Crippen LogP contribution in [0.1, 0.15) is 44.6 Å². The zero-order valence-electron chi connectivity index (χ0n) is 21.6. The van der Waals surface area contributed by atoms with Gasteiger partial charge in [0.25, 0.3) is 0 Å². The largest absolute Gasteiger partial charge is 0.497 e. The minimum Gasteiger partial charge on any atom is -0.497 e. The summed E-state index contributed by atoms with van der Waals surface area (Å²) >= 11 is 0. The van der Waals surface area contributed by atoms with E-state index in [2.05, 4.69) is 11.0 Å². The monoisotopic (exact) mass is 488 g/mol. The van der Waals surface area contributed by atoms with Crippen molar-refractivity contribution in [1.82, 2.24) is 9.80 Å². The predicted octanol–water partition coefficient (Wildman–Crippen LogP) is 6.00. The van der Waals surface area contributed by atoms with E-state index in [1.807, 2.05) is 42.2 Å². The summed E-state index contributed by atoms with van der Waals surface area (Å²) in [7, 11) is 3.31. The molecule has 36 heavy (non-hydrogen) atoms. The van der Waals surface area contributed by atoms with Crippen LogP contribution in [0.2, 0.25) is 0 Å². The van der Waals surface area contributed by atoms with Gasteiger partial charge in [-0.1, -0.05) is 31.4 Å². The van der Waals surface area contributed by atoms with Gasteiger partial charge >= 0.3 is 0 Å². The van der Waals surface area contributed by atoms with Gasteiger partial charge in [0.05, 0.1) is 20.5 Å². The molecule has 0 N–H and O–H groups in total. The standard InChI is InChI=1S/C30H36N2O4/c1-21(16-30(33)32-14-12-31(13-15-32)23-9-5-4-6-10-23)25-18-26-27(20-36-29(26)19-28(25)35-3)22-8-7-11-24(17-22)34-2/h7-8,11,16-20,23H,4-6,9-10,12-15H2,1-3H3/b21-16+. The van der Waals surface area contributed by atoms with Crippen molar-refractivity contribution in [3.8, 4) is 22.6 Å². The highest BCUT2D eigenvalue weighted by atomic mass is 16.5. The summed E-state index contributed by atoms with van der Waals surface area (Å²) in [6, 6.07) is 12.6. The number of benzene rings is 2. The van der Waals surface area contributed by atoms with E-state index in [1.54, 1.807) is 26.6 Å². The number of piperazine rings is 1. The Morgan fingerprint density at radius 3 is 2.50 bits per heavy atom. The topological polar surface area (TPSA) is 55.2 Å². The van der Waals surface area contributed by atoms with Crippen LogP contribution in [0.15, 0.2) is 53.2 Å². The molecule has 1 aliphatic heterocycles. The van der Waals surface area contributed by atoms with E-state index in [9.17, 15) is 4.79 Å². The SMILES string of the molecule is COc1cccc(-c2coc3cc(OC)c(/C(C)=C/C(=O)N4CCN(C5CCCCC5)CC4)cc23)c1. The number of furan rings is 1. The number of hydrogen-bond acceptors (Lipinski definition) is 5. The number of rotatable bonds is 6. The Morgan fingerprint density at radius 2 is 1.78 bits per heavy atom. The summed E-state index contributed by atoms with van der Waals surface area (Å²) in [6.07, 6.45) is 10.2. The molecular weight excluding hydrogens is 452 g/mol. The molecule has 2 aliphatic rings. The van der Waals surface area contributed by atoms with E-state index in [1.165, 1.54) is 32.1 Å². The molecule has 1 aromatic heterocycles. The van der Waals surface area contributed by atoms with Crippen molar-refractivity contribution in [2.45, 2.75) is 45.1 Å². The third-order valence-corrected chi connectivity index (χ3v) is 7.76. The lowest BCUT2D eigenvalue weighted by molar-refractivity contribution is -0.128. The normalized spacial score (nSPS) is 18.0. The maximum absolute atomic E-state index is 13.2. The van der Waals surface area contributed by atoms with Crippen LogP contribution >= 0.6 is 0 Å². The Labute approximate surface area is 213 Å². The van der Waals surface area contributed by atoms with Gasteiger partial charge in [0.1, 0.15) is 17.1 Å². The van der Waals surface area contributed by atoms with Crippen LogP contribution in [0.4, 0.5) is 0 Å². The summed E-state index contributed by atoms with van der Waals surface area (Å²) in [5, 5.41) is 0.973. The first-order valence-corrected chi connectivity index (χ1v) is 13.0. The maximum atomic E-state index is 13.2. The number of fused-ring (bicyclic) bond motifs is 1. The molecule has 2 fully saturated rings. The summed E-state index contributed by atoms with van der Waals surface area (Å²) in [5.74, 6) is 1.55. The zero-order valence-corrected chi connectivity index (χ0v) is 21.6. The Hall–Kier alpha value is -3.25. The first-order valence-electron chi connectivity index (χ1n) is 13.0. The fourth-order valence-electron chi connectivity index (χ4n) is 5.65. The lowest BCUT2D eigenvalue weighted by Gasteiger charge is -2.40. The molecule has 2 aromatic carbocycles. The molecule has 190 valence electrons. The van der Waals surface area contributed by atoms with Crippen molar-refractivity contribution in [3.63, 3.8) is 0 Å². The van der Waals surface area contributed by atoms with E-state index in [0.717, 1.165) is 65.2 Å². The second-order valence-electron chi connectivity index (χ2n) is 9.91. The van der Waals surface area contributed by atoms with Gasteiger partial charge in [-0.3, -0.25) is 9.69 Å². The zero-order chi connectivity index (χ0) is 25.1. The molecule has 0 unspecified atom stereocenters. The molecule has 0 spiro atoms. The maximum Gasteiger partial charge on any atom is 0.246 e. The Balaban J connectivity index is 1.37. The average molecular weight is 489 g/mol. The van der Waals surface area contributed by atoms with Crippen molar-refractivity contribution >= 4 is 22.4 Å². The Morgan fingerprint density at radius 1 is 1.00 bits per heavy atom. The molecule has 2 heterocycles. The minimum absolute atomic E-state index is 0.0677. The van der Waals surface area contributed by atoms with Gasteiger partial charge < -0.3 is 18.8 Å². The molecule has 1 aliphatic carbocycles. The van der Waals surface area contributed by atoms with E-state index in [0.29, 0.717) is 11.8 Å². The fourth-order valence-corrected chi connectivity index (χ4v) is 5.65. The van der Waals surface area contributed by atoms with E-state index in [-0.39, 0.29) is 5.91 Å². The van der Waals surface area contributed by atoms with Gasteiger partial charge in [-0.05, 0) is 49.1 Å². The number of nitrogens with zero attached hydrogens (tertiary/aromatic N) is 2. The van der Waals surface area contributed by atoms with Crippen LogP contribution in [-0.4, -0.2) is 62.1 Å². The summed E-state index contributed by atoms with van der Waals surface area (Å²) in [5.41, 5.74) is 4.51. The molecule has 6 heteroatoms.